The molecule has 0 aliphatic carbocycles. The molecule has 0 aliphatic heterocycles. The Balaban J connectivity index is 2.53. The lowest BCUT2D eigenvalue weighted by atomic mass is 9.89. The zero-order chi connectivity index (χ0) is 12.9. The van der Waals surface area contributed by atoms with Gasteiger partial charge >= 0.3 is 0 Å². The van der Waals surface area contributed by atoms with Crippen molar-refractivity contribution < 1.29 is 9.90 Å². The van der Waals surface area contributed by atoms with Crippen molar-refractivity contribution in [3.05, 3.63) is 29.8 Å². The fraction of sp³-hybridized carbons (Fsp3) is 0.462. The summed E-state index contributed by atoms with van der Waals surface area (Å²) in [5, 5.41) is 11.7. The molecule has 0 saturated heterocycles. The first kappa shape index (κ1) is 13.5. The first-order valence-electron chi connectivity index (χ1n) is 5.69. The number of carbonyl (C=O) groups excluding carboxylic acids is 1. The Morgan fingerprint density at radius 1 is 1.35 bits per heavy atom. The summed E-state index contributed by atoms with van der Waals surface area (Å²) >= 11 is 0. The number of carbonyl (C=O) groups is 1. The van der Waals surface area contributed by atoms with E-state index in [1.54, 1.807) is 24.3 Å². The van der Waals surface area contributed by atoms with Gasteiger partial charge in [-0.05, 0) is 36.1 Å². The lowest BCUT2D eigenvalue weighted by molar-refractivity contribution is 0.0928. The van der Waals surface area contributed by atoms with Gasteiger partial charge in [-0.2, -0.15) is 0 Å². The number of anilines is 1. The number of amides is 1. The molecule has 0 saturated carbocycles. The lowest BCUT2D eigenvalue weighted by Gasteiger charge is -2.23. The molecule has 0 radical (unpaired) electrons. The average Bonchev–Trinajstić information content (AvgIpc) is 2.27. The minimum Gasteiger partial charge on any atom is -0.399 e. The molecule has 0 heterocycles. The number of nitrogen functional groups attached to an aromatic ring is 1. The molecular weight excluding hydrogens is 216 g/mol. The maximum Gasteiger partial charge on any atom is 0.251 e. The van der Waals surface area contributed by atoms with Crippen molar-refractivity contribution in [2.75, 3.05) is 18.9 Å². The Morgan fingerprint density at radius 3 is 2.47 bits per heavy atom. The van der Waals surface area contributed by atoms with Gasteiger partial charge in [0.15, 0.2) is 0 Å². The monoisotopic (exact) mass is 236 g/mol. The number of hydrogen-bond acceptors (Lipinski definition) is 3. The second kappa shape index (κ2) is 5.68. The van der Waals surface area contributed by atoms with Crippen molar-refractivity contribution in [3.63, 3.8) is 0 Å². The Kier molecular flexibility index (Phi) is 4.52. The van der Waals surface area contributed by atoms with E-state index in [1.165, 1.54) is 0 Å². The first-order valence-corrected chi connectivity index (χ1v) is 5.69. The molecule has 0 spiro atoms. The fourth-order valence-corrected chi connectivity index (χ4v) is 1.45. The van der Waals surface area contributed by atoms with Gasteiger partial charge < -0.3 is 16.2 Å². The number of benzene rings is 1. The van der Waals surface area contributed by atoms with Crippen molar-refractivity contribution in [1.82, 2.24) is 5.32 Å². The minimum absolute atomic E-state index is 0.0990. The summed E-state index contributed by atoms with van der Waals surface area (Å²) < 4.78 is 0. The van der Waals surface area contributed by atoms with E-state index in [9.17, 15) is 4.79 Å². The first-order chi connectivity index (χ1) is 7.94. The van der Waals surface area contributed by atoms with Crippen LogP contribution in [0.2, 0.25) is 0 Å². The van der Waals surface area contributed by atoms with Crippen molar-refractivity contribution in [2.24, 2.45) is 5.41 Å². The zero-order valence-corrected chi connectivity index (χ0v) is 10.4. The number of nitrogens with one attached hydrogen (secondary N) is 1. The summed E-state index contributed by atoms with van der Waals surface area (Å²) in [4.78, 5) is 11.8. The number of nitrogens with two attached hydrogens (primary N) is 1. The molecule has 94 valence electrons. The van der Waals surface area contributed by atoms with Crippen LogP contribution < -0.4 is 11.1 Å². The van der Waals surface area contributed by atoms with E-state index in [2.05, 4.69) is 5.32 Å². The van der Waals surface area contributed by atoms with Gasteiger partial charge in [0.05, 0.1) is 0 Å². The zero-order valence-electron chi connectivity index (χ0n) is 10.4. The molecule has 0 bridgehead atoms. The normalized spacial score (nSPS) is 11.2. The molecule has 0 atom stereocenters. The number of aliphatic hydroxyl groups excluding tert-OH is 1. The van der Waals surface area contributed by atoms with E-state index < -0.39 is 0 Å². The van der Waals surface area contributed by atoms with Gasteiger partial charge in [0.25, 0.3) is 5.91 Å². The molecule has 1 rings (SSSR count). The summed E-state index contributed by atoms with van der Waals surface area (Å²) in [5.41, 5.74) is 6.69. The molecule has 4 heteroatoms. The van der Waals surface area contributed by atoms with Crippen LogP contribution >= 0.6 is 0 Å². The quantitative estimate of drug-likeness (QED) is 0.676. The molecule has 1 aromatic carbocycles. The van der Waals surface area contributed by atoms with Crippen LogP contribution in [0, 0.1) is 5.41 Å². The van der Waals surface area contributed by atoms with Gasteiger partial charge in [-0.1, -0.05) is 13.8 Å². The van der Waals surface area contributed by atoms with Crippen molar-refractivity contribution in [2.45, 2.75) is 20.3 Å². The fourth-order valence-electron chi connectivity index (χ4n) is 1.45. The summed E-state index contributed by atoms with van der Waals surface area (Å²) in [7, 11) is 0. The van der Waals surface area contributed by atoms with Crippen molar-refractivity contribution in [3.8, 4) is 0 Å². The second-order valence-corrected chi connectivity index (χ2v) is 4.94. The third kappa shape index (κ3) is 4.44. The lowest BCUT2D eigenvalue weighted by Crippen LogP contribution is -2.34. The highest BCUT2D eigenvalue weighted by atomic mass is 16.3. The minimum atomic E-state index is -0.115. The van der Waals surface area contributed by atoms with Gasteiger partial charge in [-0.25, -0.2) is 0 Å². The molecule has 0 fully saturated rings. The highest BCUT2D eigenvalue weighted by Crippen LogP contribution is 2.18. The third-order valence-corrected chi connectivity index (χ3v) is 2.69. The SMILES string of the molecule is CC(C)(CCO)CNC(=O)c1ccc(N)cc1. The Hall–Kier alpha value is -1.55. The highest BCUT2D eigenvalue weighted by molar-refractivity contribution is 5.94. The largest absolute Gasteiger partial charge is 0.399 e. The summed E-state index contributed by atoms with van der Waals surface area (Å²) in [6.07, 6.45) is 0.662. The third-order valence-electron chi connectivity index (χ3n) is 2.69. The van der Waals surface area contributed by atoms with Crippen LogP contribution in [0.3, 0.4) is 0 Å². The number of rotatable bonds is 5. The summed E-state index contributed by atoms with van der Waals surface area (Å²) in [6.45, 7) is 4.68. The Bertz CT molecular complexity index is 372. The van der Waals surface area contributed by atoms with E-state index in [4.69, 9.17) is 10.8 Å². The standard InChI is InChI=1S/C13H20N2O2/c1-13(2,7-8-16)9-15-12(17)10-3-5-11(14)6-4-10/h3-6,16H,7-9,14H2,1-2H3,(H,15,17). The number of hydrogen-bond donors (Lipinski definition) is 3. The smallest absolute Gasteiger partial charge is 0.251 e. The van der Waals surface area contributed by atoms with Gasteiger partial charge in [-0.15, -0.1) is 0 Å². The Morgan fingerprint density at radius 2 is 1.94 bits per heavy atom. The molecule has 0 aliphatic rings. The van der Waals surface area contributed by atoms with E-state index in [-0.39, 0.29) is 17.9 Å². The van der Waals surface area contributed by atoms with E-state index in [0.29, 0.717) is 24.2 Å². The summed E-state index contributed by atoms with van der Waals surface area (Å²) in [5.74, 6) is -0.115. The van der Waals surface area contributed by atoms with Crippen molar-refractivity contribution in [1.29, 1.82) is 0 Å². The predicted molar refractivity (Wildman–Crippen MR) is 68.7 cm³/mol. The van der Waals surface area contributed by atoms with Crippen LogP contribution in [0.4, 0.5) is 5.69 Å². The van der Waals surface area contributed by atoms with E-state index in [0.717, 1.165) is 0 Å². The molecule has 4 nitrogen and oxygen atoms in total. The highest BCUT2D eigenvalue weighted by Gasteiger charge is 2.18. The van der Waals surface area contributed by atoms with Crippen LogP contribution in [0.15, 0.2) is 24.3 Å². The molecule has 4 N–H and O–H groups in total. The van der Waals surface area contributed by atoms with Gasteiger partial charge in [0, 0.05) is 24.4 Å². The summed E-state index contributed by atoms with van der Waals surface area (Å²) in [6, 6.07) is 6.80. The molecule has 0 unspecified atom stereocenters. The Labute approximate surface area is 102 Å². The molecule has 17 heavy (non-hydrogen) atoms. The number of aliphatic hydroxyl groups is 1. The van der Waals surface area contributed by atoms with E-state index >= 15 is 0 Å². The van der Waals surface area contributed by atoms with Gasteiger partial charge in [0.1, 0.15) is 0 Å². The molecule has 1 aromatic rings. The maximum absolute atomic E-state index is 11.8. The van der Waals surface area contributed by atoms with Crippen LogP contribution in [0.5, 0.6) is 0 Å². The molecule has 0 aromatic heterocycles. The van der Waals surface area contributed by atoms with Crippen LogP contribution in [-0.4, -0.2) is 24.2 Å². The van der Waals surface area contributed by atoms with E-state index in [1.807, 2.05) is 13.8 Å². The average molecular weight is 236 g/mol. The maximum atomic E-state index is 11.8. The second-order valence-electron chi connectivity index (χ2n) is 4.94. The van der Waals surface area contributed by atoms with Crippen molar-refractivity contribution >= 4 is 11.6 Å². The van der Waals surface area contributed by atoms with Crippen LogP contribution in [-0.2, 0) is 0 Å². The van der Waals surface area contributed by atoms with Crippen LogP contribution in [0.1, 0.15) is 30.6 Å². The predicted octanol–water partition coefficient (Wildman–Crippen LogP) is 1.41. The molecular formula is C13H20N2O2. The van der Waals surface area contributed by atoms with Crippen LogP contribution in [0.25, 0.3) is 0 Å². The topological polar surface area (TPSA) is 75.3 Å². The van der Waals surface area contributed by atoms with Gasteiger partial charge in [-0.3, -0.25) is 4.79 Å². The van der Waals surface area contributed by atoms with Gasteiger partial charge in [0.2, 0.25) is 0 Å². The molecule has 1 amide bonds.